The van der Waals surface area contributed by atoms with Crippen LogP contribution >= 0.6 is 11.3 Å². The first kappa shape index (κ1) is 22.9. The third-order valence-electron chi connectivity index (χ3n) is 5.27. The second-order valence-electron chi connectivity index (χ2n) is 7.51. The Labute approximate surface area is 195 Å². The molecule has 2 heterocycles. The van der Waals surface area contributed by atoms with Crippen LogP contribution in [0.25, 0.3) is 10.9 Å². The van der Waals surface area contributed by atoms with E-state index < -0.39 is 10.0 Å². The van der Waals surface area contributed by atoms with Crippen LogP contribution in [0.5, 0.6) is 5.75 Å². The van der Waals surface area contributed by atoms with Crippen LogP contribution in [0.4, 0.5) is 0 Å². The van der Waals surface area contributed by atoms with E-state index in [9.17, 15) is 18.0 Å². The summed E-state index contributed by atoms with van der Waals surface area (Å²) in [4.78, 5) is 28.3. The minimum Gasteiger partial charge on any atom is -0.497 e. The van der Waals surface area contributed by atoms with Crippen LogP contribution < -0.4 is 10.3 Å². The number of hydrogen-bond donors (Lipinski definition) is 1. The maximum Gasteiger partial charge on any atom is 0.252 e. The molecule has 9 heteroatoms. The fraction of sp³-hybridized carbons (Fsp3) is 0.167. The molecule has 4 aromatic rings. The number of ketones is 1. The van der Waals surface area contributed by atoms with Gasteiger partial charge in [-0.1, -0.05) is 18.2 Å². The number of hydrogen-bond acceptors (Lipinski definition) is 6. The second-order valence-corrected chi connectivity index (χ2v) is 10.5. The highest BCUT2D eigenvalue weighted by atomic mass is 32.2. The summed E-state index contributed by atoms with van der Waals surface area (Å²) in [7, 11) is -2.45. The SMILES string of the molecule is COc1ccc2cc(CN(Cc3cccs3)S(=O)(=O)c3cccc(C(C)=O)c3)c(=O)[nH]c2c1. The van der Waals surface area contributed by atoms with Crippen molar-refractivity contribution < 1.29 is 17.9 Å². The van der Waals surface area contributed by atoms with E-state index in [-0.39, 0.29) is 29.3 Å². The maximum absolute atomic E-state index is 13.6. The van der Waals surface area contributed by atoms with Crippen LogP contribution in [0.2, 0.25) is 0 Å². The van der Waals surface area contributed by atoms with Gasteiger partial charge in [-0.05, 0) is 54.1 Å². The van der Waals surface area contributed by atoms with Crippen molar-refractivity contribution >= 4 is 38.0 Å². The fourth-order valence-corrected chi connectivity index (χ4v) is 5.73. The van der Waals surface area contributed by atoms with Gasteiger partial charge in [-0.25, -0.2) is 8.42 Å². The second kappa shape index (κ2) is 9.30. The van der Waals surface area contributed by atoms with E-state index in [0.29, 0.717) is 22.4 Å². The number of thiophene rings is 1. The highest BCUT2D eigenvalue weighted by Gasteiger charge is 2.27. The van der Waals surface area contributed by atoms with Crippen molar-refractivity contribution in [2.24, 2.45) is 0 Å². The van der Waals surface area contributed by atoms with Gasteiger partial charge in [-0.2, -0.15) is 4.31 Å². The van der Waals surface area contributed by atoms with Crippen molar-refractivity contribution in [2.75, 3.05) is 7.11 Å². The number of carbonyl (C=O) groups is 1. The highest BCUT2D eigenvalue weighted by Crippen LogP contribution is 2.24. The molecule has 1 N–H and O–H groups in total. The summed E-state index contributed by atoms with van der Waals surface area (Å²) in [6, 6.07) is 16.6. The van der Waals surface area contributed by atoms with Gasteiger partial charge in [-0.3, -0.25) is 9.59 Å². The summed E-state index contributed by atoms with van der Waals surface area (Å²) in [6.45, 7) is 1.37. The van der Waals surface area contributed by atoms with Crippen molar-refractivity contribution in [3.05, 3.63) is 92.4 Å². The first-order chi connectivity index (χ1) is 15.8. The predicted molar refractivity (Wildman–Crippen MR) is 128 cm³/mol. The summed E-state index contributed by atoms with van der Waals surface area (Å²) < 4.78 is 33.6. The number of benzene rings is 2. The van der Waals surface area contributed by atoms with Gasteiger partial charge in [0.25, 0.3) is 5.56 Å². The van der Waals surface area contributed by atoms with Crippen LogP contribution in [-0.4, -0.2) is 30.6 Å². The minimum atomic E-state index is -4.00. The van der Waals surface area contributed by atoms with Gasteiger partial charge in [0, 0.05) is 35.2 Å². The summed E-state index contributed by atoms with van der Waals surface area (Å²) in [5, 5.41) is 2.63. The summed E-state index contributed by atoms with van der Waals surface area (Å²) >= 11 is 1.43. The number of nitrogens with zero attached hydrogens (tertiary/aromatic N) is 1. The molecule has 4 rings (SSSR count). The zero-order chi connectivity index (χ0) is 23.6. The van der Waals surface area contributed by atoms with Crippen molar-refractivity contribution in [3.8, 4) is 5.75 Å². The molecule has 0 spiro atoms. The predicted octanol–water partition coefficient (Wildman–Crippen LogP) is 4.19. The molecule has 0 aliphatic carbocycles. The van der Waals surface area contributed by atoms with E-state index in [1.807, 2.05) is 23.6 Å². The van der Waals surface area contributed by atoms with Crippen molar-refractivity contribution in [2.45, 2.75) is 24.9 Å². The van der Waals surface area contributed by atoms with Gasteiger partial charge in [0.05, 0.1) is 17.5 Å². The molecule has 0 aliphatic rings. The van der Waals surface area contributed by atoms with E-state index in [1.165, 1.54) is 34.7 Å². The molecule has 170 valence electrons. The van der Waals surface area contributed by atoms with E-state index in [2.05, 4.69) is 4.98 Å². The standard InChI is InChI=1S/C24H22N2O5S2/c1-16(27)17-5-3-7-22(12-17)33(29,30)26(15-21-6-4-10-32-21)14-19-11-18-8-9-20(31-2)13-23(18)25-24(19)28/h3-13H,14-15H2,1-2H3,(H,25,28). The molecular weight excluding hydrogens is 460 g/mol. The normalized spacial score (nSPS) is 11.7. The van der Waals surface area contributed by atoms with Crippen LogP contribution in [0, 0.1) is 0 Å². The number of Topliss-reactive ketones (excluding diaryl/α,β-unsaturated/α-hetero) is 1. The largest absolute Gasteiger partial charge is 0.497 e. The molecule has 2 aromatic heterocycles. The van der Waals surface area contributed by atoms with Gasteiger partial charge in [-0.15, -0.1) is 11.3 Å². The molecule has 0 bridgehead atoms. The van der Waals surface area contributed by atoms with Crippen LogP contribution in [-0.2, 0) is 23.1 Å². The first-order valence-corrected chi connectivity index (χ1v) is 12.4. The number of rotatable bonds is 8. The van der Waals surface area contributed by atoms with E-state index in [0.717, 1.165) is 10.3 Å². The fourth-order valence-electron chi connectivity index (χ4n) is 3.49. The zero-order valence-electron chi connectivity index (χ0n) is 18.1. The molecule has 2 aromatic carbocycles. The third kappa shape index (κ3) is 4.90. The number of sulfonamides is 1. The van der Waals surface area contributed by atoms with E-state index in [1.54, 1.807) is 37.4 Å². The van der Waals surface area contributed by atoms with Crippen LogP contribution in [0.15, 0.2) is 75.7 Å². The summed E-state index contributed by atoms with van der Waals surface area (Å²) in [6.07, 6.45) is 0. The van der Waals surface area contributed by atoms with Crippen molar-refractivity contribution in [3.63, 3.8) is 0 Å². The molecule has 0 radical (unpaired) electrons. The smallest absolute Gasteiger partial charge is 0.252 e. The first-order valence-electron chi connectivity index (χ1n) is 10.1. The van der Waals surface area contributed by atoms with Crippen LogP contribution in [0.3, 0.4) is 0 Å². The molecular formula is C24H22N2O5S2. The van der Waals surface area contributed by atoms with E-state index >= 15 is 0 Å². The topological polar surface area (TPSA) is 96.5 Å². The third-order valence-corrected chi connectivity index (χ3v) is 7.92. The van der Waals surface area contributed by atoms with Gasteiger partial charge < -0.3 is 9.72 Å². The number of H-pyrrole nitrogens is 1. The average Bonchev–Trinajstić information content (AvgIpc) is 3.32. The molecule has 0 aliphatic heterocycles. The Morgan fingerprint density at radius 3 is 2.58 bits per heavy atom. The van der Waals surface area contributed by atoms with Gasteiger partial charge >= 0.3 is 0 Å². The lowest BCUT2D eigenvalue weighted by molar-refractivity contribution is 0.101. The Bertz CT molecular complexity index is 1470. The average molecular weight is 483 g/mol. The number of methoxy groups -OCH3 is 1. The number of pyridine rings is 1. The molecule has 7 nitrogen and oxygen atoms in total. The Morgan fingerprint density at radius 2 is 1.88 bits per heavy atom. The zero-order valence-corrected chi connectivity index (χ0v) is 19.7. The quantitative estimate of drug-likeness (QED) is 0.380. The lowest BCUT2D eigenvalue weighted by atomic mass is 10.1. The Hall–Kier alpha value is -3.27. The highest BCUT2D eigenvalue weighted by molar-refractivity contribution is 7.89. The van der Waals surface area contributed by atoms with Gasteiger partial charge in [0.2, 0.25) is 10.0 Å². The van der Waals surface area contributed by atoms with Gasteiger partial charge in [0.15, 0.2) is 5.78 Å². The monoisotopic (exact) mass is 482 g/mol. The molecule has 0 amide bonds. The molecule has 0 unspecified atom stereocenters. The summed E-state index contributed by atoms with van der Waals surface area (Å²) in [5.41, 5.74) is 0.852. The Morgan fingerprint density at radius 1 is 1.06 bits per heavy atom. The molecule has 0 saturated heterocycles. The number of nitrogens with one attached hydrogen (secondary N) is 1. The lowest BCUT2D eigenvalue weighted by Gasteiger charge is -2.22. The van der Waals surface area contributed by atoms with Crippen molar-refractivity contribution in [1.82, 2.24) is 9.29 Å². The van der Waals surface area contributed by atoms with Gasteiger partial charge in [0.1, 0.15) is 5.75 Å². The lowest BCUT2D eigenvalue weighted by Crippen LogP contribution is -2.32. The number of ether oxygens (including phenoxy) is 1. The number of aromatic nitrogens is 1. The van der Waals surface area contributed by atoms with E-state index in [4.69, 9.17) is 4.74 Å². The Kier molecular flexibility index (Phi) is 6.46. The number of carbonyl (C=O) groups excluding carboxylic acids is 1. The minimum absolute atomic E-state index is 0.00807. The maximum atomic E-state index is 13.6. The molecule has 0 atom stereocenters. The van der Waals surface area contributed by atoms with Crippen molar-refractivity contribution in [1.29, 1.82) is 0 Å². The molecule has 0 fully saturated rings. The number of aromatic amines is 1. The summed E-state index contributed by atoms with van der Waals surface area (Å²) in [5.74, 6) is 0.386. The van der Waals surface area contributed by atoms with Crippen LogP contribution in [0.1, 0.15) is 27.7 Å². The Balaban J connectivity index is 1.77. The molecule has 33 heavy (non-hydrogen) atoms. The molecule has 0 saturated carbocycles. The number of fused-ring (bicyclic) bond motifs is 1.